The summed E-state index contributed by atoms with van der Waals surface area (Å²) >= 11 is 5.95. The van der Waals surface area contributed by atoms with Gasteiger partial charge in [0.15, 0.2) is 5.69 Å². The number of hydrogen-bond donors (Lipinski definition) is 0. The topological polar surface area (TPSA) is 57.0 Å². The molecule has 1 aromatic heterocycles. The maximum Gasteiger partial charge on any atom is 0.360 e. The second-order valence-corrected chi connectivity index (χ2v) is 4.11. The van der Waals surface area contributed by atoms with E-state index in [4.69, 9.17) is 16.3 Å². The molecule has 0 aliphatic carbocycles. The van der Waals surface area contributed by atoms with Crippen molar-refractivity contribution >= 4 is 17.6 Å². The molecule has 1 heterocycles. The second-order valence-electron chi connectivity index (χ2n) is 3.70. The average molecular weight is 266 g/mol. The molecule has 5 nitrogen and oxygen atoms in total. The molecule has 18 heavy (non-hydrogen) atoms. The summed E-state index contributed by atoms with van der Waals surface area (Å²) in [6.07, 6.45) is 1.53. The van der Waals surface area contributed by atoms with Gasteiger partial charge in [-0.15, -0.1) is 5.10 Å². The summed E-state index contributed by atoms with van der Waals surface area (Å²) in [6, 6.07) is 5.45. The van der Waals surface area contributed by atoms with Crippen molar-refractivity contribution in [3.05, 3.63) is 40.7 Å². The molecule has 0 spiro atoms. The smallest absolute Gasteiger partial charge is 0.360 e. The number of nitrogens with zero attached hydrogens (tertiary/aromatic N) is 3. The van der Waals surface area contributed by atoms with Crippen LogP contribution in [0, 0.1) is 6.92 Å². The van der Waals surface area contributed by atoms with Crippen LogP contribution in [0.2, 0.25) is 5.02 Å². The molecule has 2 rings (SSSR count). The predicted molar refractivity (Wildman–Crippen MR) is 67.1 cm³/mol. The van der Waals surface area contributed by atoms with Gasteiger partial charge in [-0.05, 0) is 37.6 Å². The lowest BCUT2D eigenvalue weighted by Crippen LogP contribution is -2.04. The van der Waals surface area contributed by atoms with E-state index in [0.717, 1.165) is 11.3 Å². The number of carbonyl (C=O) groups excluding carboxylic acids is 1. The number of rotatable bonds is 3. The lowest BCUT2D eigenvalue weighted by Gasteiger charge is -2.02. The first kappa shape index (κ1) is 12.6. The second kappa shape index (κ2) is 5.18. The molecule has 0 atom stereocenters. The molecule has 94 valence electrons. The maximum atomic E-state index is 11.5. The number of aromatic nitrogens is 3. The number of ether oxygens (including phenoxy) is 1. The molecule has 0 fully saturated rings. The van der Waals surface area contributed by atoms with Crippen LogP contribution in [-0.4, -0.2) is 27.6 Å². The SMILES string of the molecule is CCOC(=O)c1cn(-c2ccc(Cl)c(C)c2)nn1. The van der Waals surface area contributed by atoms with Gasteiger partial charge in [0.2, 0.25) is 0 Å². The molecule has 0 saturated carbocycles. The van der Waals surface area contributed by atoms with Gasteiger partial charge >= 0.3 is 5.97 Å². The lowest BCUT2D eigenvalue weighted by atomic mass is 10.2. The van der Waals surface area contributed by atoms with E-state index in [1.165, 1.54) is 10.9 Å². The van der Waals surface area contributed by atoms with Crippen molar-refractivity contribution in [1.82, 2.24) is 15.0 Å². The fourth-order valence-corrected chi connectivity index (χ4v) is 1.58. The zero-order valence-corrected chi connectivity index (χ0v) is 10.8. The van der Waals surface area contributed by atoms with Gasteiger partial charge in [-0.25, -0.2) is 9.48 Å². The van der Waals surface area contributed by atoms with Crippen molar-refractivity contribution in [2.24, 2.45) is 0 Å². The Morgan fingerprint density at radius 3 is 2.94 bits per heavy atom. The van der Waals surface area contributed by atoms with Gasteiger partial charge in [0.1, 0.15) is 0 Å². The fraction of sp³-hybridized carbons (Fsp3) is 0.250. The number of carbonyl (C=O) groups is 1. The largest absolute Gasteiger partial charge is 0.461 e. The summed E-state index contributed by atoms with van der Waals surface area (Å²) in [7, 11) is 0. The zero-order valence-electron chi connectivity index (χ0n) is 10.1. The summed E-state index contributed by atoms with van der Waals surface area (Å²) < 4.78 is 6.35. The quantitative estimate of drug-likeness (QED) is 0.800. The standard InChI is InChI=1S/C12H12ClN3O2/c1-3-18-12(17)11-7-16(15-14-11)9-4-5-10(13)8(2)6-9/h4-7H,3H2,1-2H3. The summed E-state index contributed by atoms with van der Waals surface area (Å²) in [4.78, 5) is 11.5. The van der Waals surface area contributed by atoms with Crippen molar-refractivity contribution in [1.29, 1.82) is 0 Å². The van der Waals surface area contributed by atoms with Crippen molar-refractivity contribution in [2.75, 3.05) is 6.61 Å². The Hall–Kier alpha value is -1.88. The summed E-state index contributed by atoms with van der Waals surface area (Å²) in [5.41, 5.74) is 1.91. The van der Waals surface area contributed by atoms with E-state index in [-0.39, 0.29) is 5.69 Å². The van der Waals surface area contributed by atoms with Crippen LogP contribution in [0.4, 0.5) is 0 Å². The molecule has 0 N–H and O–H groups in total. The highest BCUT2D eigenvalue weighted by Gasteiger charge is 2.12. The first-order chi connectivity index (χ1) is 8.61. The van der Waals surface area contributed by atoms with E-state index in [1.807, 2.05) is 13.0 Å². The Bertz CT molecular complexity index is 580. The minimum Gasteiger partial charge on any atom is -0.461 e. The normalized spacial score (nSPS) is 10.4. The molecule has 0 amide bonds. The van der Waals surface area contributed by atoms with Crippen molar-refractivity contribution < 1.29 is 9.53 Å². The third kappa shape index (κ3) is 2.51. The molecular weight excluding hydrogens is 254 g/mol. The Kier molecular flexibility index (Phi) is 3.62. The molecule has 2 aromatic rings. The molecule has 0 bridgehead atoms. The van der Waals surface area contributed by atoms with Crippen LogP contribution < -0.4 is 0 Å². The van der Waals surface area contributed by atoms with Gasteiger partial charge in [0, 0.05) is 5.02 Å². The van der Waals surface area contributed by atoms with Gasteiger partial charge in [-0.1, -0.05) is 16.8 Å². The third-order valence-electron chi connectivity index (χ3n) is 2.38. The van der Waals surface area contributed by atoms with Crippen molar-refractivity contribution in [2.45, 2.75) is 13.8 Å². The van der Waals surface area contributed by atoms with Crippen LogP contribution in [0.1, 0.15) is 23.0 Å². The highest BCUT2D eigenvalue weighted by atomic mass is 35.5. The van der Waals surface area contributed by atoms with E-state index >= 15 is 0 Å². The molecular formula is C12H12ClN3O2. The van der Waals surface area contributed by atoms with Crippen LogP contribution in [0.3, 0.4) is 0 Å². The van der Waals surface area contributed by atoms with E-state index in [1.54, 1.807) is 19.1 Å². The molecule has 0 unspecified atom stereocenters. The maximum absolute atomic E-state index is 11.5. The highest BCUT2D eigenvalue weighted by Crippen LogP contribution is 2.18. The van der Waals surface area contributed by atoms with Gasteiger partial charge < -0.3 is 4.74 Å². The van der Waals surface area contributed by atoms with Gasteiger partial charge in [-0.2, -0.15) is 0 Å². The van der Waals surface area contributed by atoms with E-state index in [9.17, 15) is 4.79 Å². The van der Waals surface area contributed by atoms with Crippen LogP contribution in [0.5, 0.6) is 0 Å². The summed E-state index contributed by atoms with van der Waals surface area (Å²) in [6.45, 7) is 3.95. The van der Waals surface area contributed by atoms with Crippen LogP contribution >= 0.6 is 11.6 Å². The van der Waals surface area contributed by atoms with Crippen LogP contribution in [0.25, 0.3) is 5.69 Å². The first-order valence-electron chi connectivity index (χ1n) is 5.48. The number of hydrogen-bond acceptors (Lipinski definition) is 4. The Balaban J connectivity index is 2.29. The average Bonchev–Trinajstić information content (AvgIpc) is 2.82. The number of halogens is 1. The predicted octanol–water partition coefficient (Wildman–Crippen LogP) is 2.41. The number of aryl methyl sites for hydroxylation is 1. The molecule has 0 aliphatic heterocycles. The van der Waals surface area contributed by atoms with E-state index < -0.39 is 5.97 Å². The lowest BCUT2D eigenvalue weighted by molar-refractivity contribution is 0.0519. The Morgan fingerprint density at radius 2 is 2.28 bits per heavy atom. The van der Waals surface area contributed by atoms with Gasteiger partial charge in [-0.3, -0.25) is 0 Å². The van der Waals surface area contributed by atoms with Gasteiger partial charge in [0.25, 0.3) is 0 Å². The molecule has 0 radical (unpaired) electrons. The zero-order chi connectivity index (χ0) is 13.1. The molecule has 0 saturated heterocycles. The van der Waals surface area contributed by atoms with Crippen LogP contribution in [0.15, 0.2) is 24.4 Å². The summed E-state index contributed by atoms with van der Waals surface area (Å²) in [5.74, 6) is -0.477. The highest BCUT2D eigenvalue weighted by molar-refractivity contribution is 6.31. The molecule has 6 heteroatoms. The Morgan fingerprint density at radius 1 is 1.50 bits per heavy atom. The first-order valence-corrected chi connectivity index (χ1v) is 5.85. The molecule has 1 aromatic carbocycles. The van der Waals surface area contributed by atoms with E-state index in [2.05, 4.69) is 10.3 Å². The van der Waals surface area contributed by atoms with Crippen LogP contribution in [-0.2, 0) is 4.74 Å². The van der Waals surface area contributed by atoms with Crippen molar-refractivity contribution in [3.63, 3.8) is 0 Å². The van der Waals surface area contributed by atoms with Gasteiger partial charge in [0.05, 0.1) is 18.5 Å². The minimum absolute atomic E-state index is 0.185. The fourth-order valence-electron chi connectivity index (χ4n) is 1.46. The third-order valence-corrected chi connectivity index (χ3v) is 2.81. The van der Waals surface area contributed by atoms with E-state index in [0.29, 0.717) is 11.6 Å². The monoisotopic (exact) mass is 265 g/mol. The minimum atomic E-state index is -0.477. The van der Waals surface area contributed by atoms with Crippen molar-refractivity contribution in [3.8, 4) is 5.69 Å². The summed E-state index contributed by atoms with van der Waals surface area (Å²) in [5, 5.41) is 8.34. The Labute approximate surface area is 109 Å². The number of esters is 1. The number of benzene rings is 1. The molecule has 0 aliphatic rings.